The third kappa shape index (κ3) is 5.53. The zero-order chi connectivity index (χ0) is 29.1. The molecule has 0 amide bonds. The summed E-state index contributed by atoms with van der Waals surface area (Å²) in [5.74, 6) is 1.62. The van der Waals surface area contributed by atoms with Gasteiger partial charge in [-0.1, -0.05) is 47.7 Å². The number of allylic oxidation sites excluding steroid dienone is 1. The molecule has 0 unspecified atom stereocenters. The minimum atomic E-state index is -0.694. The molecule has 9 heteroatoms. The molecule has 0 bridgehead atoms. The van der Waals surface area contributed by atoms with Gasteiger partial charge in [0.05, 0.1) is 43.2 Å². The molecule has 0 saturated heterocycles. The Morgan fingerprint density at radius 1 is 0.976 bits per heavy atom. The summed E-state index contributed by atoms with van der Waals surface area (Å²) in [6.07, 6.45) is 1.82. The molecule has 0 radical (unpaired) electrons. The SMILES string of the molecule is COC(=O)C1=C(C)N=c2sc(=Cc3ccc(OC)c(COc4ccccc4C)c3)c(=O)n2[C@@H]1c1ccc(OC)cc1. The van der Waals surface area contributed by atoms with E-state index in [0.29, 0.717) is 38.7 Å². The number of hydrogen-bond acceptors (Lipinski definition) is 8. The Balaban J connectivity index is 1.58. The van der Waals surface area contributed by atoms with Gasteiger partial charge in [-0.2, -0.15) is 0 Å². The number of carbonyl (C=O) groups is 1. The second kappa shape index (κ2) is 11.9. The van der Waals surface area contributed by atoms with E-state index in [9.17, 15) is 9.59 Å². The van der Waals surface area contributed by atoms with E-state index in [2.05, 4.69) is 4.99 Å². The predicted molar refractivity (Wildman–Crippen MR) is 157 cm³/mol. The van der Waals surface area contributed by atoms with Crippen LogP contribution in [0.25, 0.3) is 6.08 Å². The maximum atomic E-state index is 13.9. The van der Waals surface area contributed by atoms with Gasteiger partial charge in [-0.25, -0.2) is 9.79 Å². The van der Waals surface area contributed by atoms with Crippen LogP contribution in [-0.2, 0) is 16.1 Å². The Hall–Kier alpha value is -4.63. The van der Waals surface area contributed by atoms with Crippen LogP contribution in [0, 0.1) is 6.92 Å². The average molecular weight is 571 g/mol. The van der Waals surface area contributed by atoms with Crippen molar-refractivity contribution in [2.24, 2.45) is 4.99 Å². The predicted octanol–water partition coefficient (Wildman–Crippen LogP) is 4.31. The molecule has 2 heterocycles. The molecular weight excluding hydrogens is 540 g/mol. The Bertz CT molecular complexity index is 1820. The number of fused-ring (bicyclic) bond motifs is 1. The highest BCUT2D eigenvalue weighted by atomic mass is 32.1. The Morgan fingerprint density at radius 2 is 1.73 bits per heavy atom. The van der Waals surface area contributed by atoms with E-state index in [0.717, 1.165) is 28.0 Å². The second-order valence-electron chi connectivity index (χ2n) is 9.47. The molecule has 210 valence electrons. The first-order valence-corrected chi connectivity index (χ1v) is 13.8. The van der Waals surface area contributed by atoms with Gasteiger partial charge in [-0.05, 0) is 66.9 Å². The fraction of sp³-hybridized carbons (Fsp3) is 0.219. The van der Waals surface area contributed by atoms with Gasteiger partial charge in [0.2, 0.25) is 0 Å². The molecule has 3 aromatic carbocycles. The Kier molecular flexibility index (Phi) is 8.07. The van der Waals surface area contributed by atoms with Crippen LogP contribution in [0.1, 0.15) is 35.2 Å². The quantitative estimate of drug-likeness (QED) is 0.294. The molecule has 4 aromatic rings. The largest absolute Gasteiger partial charge is 0.497 e. The summed E-state index contributed by atoms with van der Waals surface area (Å²) >= 11 is 1.27. The number of aromatic nitrogens is 1. The summed E-state index contributed by atoms with van der Waals surface area (Å²) < 4.78 is 24.1. The van der Waals surface area contributed by atoms with Gasteiger partial charge in [0.15, 0.2) is 4.80 Å². The highest BCUT2D eigenvalue weighted by molar-refractivity contribution is 7.07. The first-order chi connectivity index (χ1) is 19.8. The van der Waals surface area contributed by atoms with Crippen LogP contribution in [0.5, 0.6) is 17.2 Å². The minimum Gasteiger partial charge on any atom is -0.497 e. The van der Waals surface area contributed by atoms with Gasteiger partial charge >= 0.3 is 5.97 Å². The van der Waals surface area contributed by atoms with E-state index in [1.807, 2.05) is 67.6 Å². The normalized spacial score (nSPS) is 14.8. The number of thiazole rings is 1. The second-order valence-corrected chi connectivity index (χ2v) is 10.5. The monoisotopic (exact) mass is 570 g/mol. The maximum Gasteiger partial charge on any atom is 0.338 e. The standard InChI is InChI=1S/C32H30N2O6S/c1-19-8-6-7-9-25(19)40-18-23-16-21(10-15-26(23)38-4)17-27-30(35)34-29(22-11-13-24(37-3)14-12-22)28(31(36)39-5)20(2)33-32(34)41-27/h6-17,29H,18H2,1-5H3/t29-/m1/s1. The van der Waals surface area contributed by atoms with Crippen LogP contribution in [0.3, 0.4) is 0 Å². The number of ether oxygens (including phenoxy) is 4. The molecule has 41 heavy (non-hydrogen) atoms. The van der Waals surface area contributed by atoms with Gasteiger partial charge in [-0.3, -0.25) is 9.36 Å². The lowest BCUT2D eigenvalue weighted by Gasteiger charge is -2.24. The lowest BCUT2D eigenvalue weighted by atomic mass is 9.96. The van der Waals surface area contributed by atoms with Crippen LogP contribution in [0.15, 0.2) is 87.8 Å². The zero-order valence-corrected chi connectivity index (χ0v) is 24.3. The molecule has 1 aliphatic rings. The first kappa shape index (κ1) is 27.9. The van der Waals surface area contributed by atoms with Gasteiger partial charge < -0.3 is 18.9 Å². The number of methoxy groups -OCH3 is 3. The van der Waals surface area contributed by atoms with Crippen molar-refractivity contribution in [2.75, 3.05) is 21.3 Å². The van der Waals surface area contributed by atoms with Crippen molar-refractivity contribution in [3.8, 4) is 17.2 Å². The van der Waals surface area contributed by atoms with Gasteiger partial charge in [0.25, 0.3) is 5.56 Å². The van der Waals surface area contributed by atoms with Crippen molar-refractivity contribution in [1.29, 1.82) is 0 Å². The van der Waals surface area contributed by atoms with Crippen LogP contribution < -0.4 is 29.1 Å². The van der Waals surface area contributed by atoms with Crippen LogP contribution in [0.4, 0.5) is 0 Å². The zero-order valence-electron chi connectivity index (χ0n) is 23.5. The van der Waals surface area contributed by atoms with Gasteiger partial charge in [0.1, 0.15) is 23.9 Å². The number of nitrogens with zero attached hydrogens (tertiary/aromatic N) is 2. The third-order valence-corrected chi connectivity index (χ3v) is 7.92. The molecule has 0 spiro atoms. The average Bonchev–Trinajstić information content (AvgIpc) is 3.29. The van der Waals surface area contributed by atoms with Crippen LogP contribution >= 0.6 is 11.3 Å². The van der Waals surface area contributed by atoms with E-state index < -0.39 is 12.0 Å². The summed E-state index contributed by atoms with van der Waals surface area (Å²) in [4.78, 5) is 31.9. The van der Waals surface area contributed by atoms with Crippen molar-refractivity contribution in [2.45, 2.75) is 26.5 Å². The number of esters is 1. The molecule has 1 atom stereocenters. The first-order valence-electron chi connectivity index (χ1n) is 12.9. The highest BCUT2D eigenvalue weighted by Gasteiger charge is 2.33. The molecule has 0 fully saturated rings. The fourth-order valence-electron chi connectivity index (χ4n) is 4.82. The van der Waals surface area contributed by atoms with E-state index in [4.69, 9.17) is 18.9 Å². The number of hydrogen-bond donors (Lipinski definition) is 0. The van der Waals surface area contributed by atoms with E-state index in [1.54, 1.807) is 37.8 Å². The van der Waals surface area contributed by atoms with Gasteiger partial charge in [-0.15, -0.1) is 0 Å². The summed E-state index contributed by atoms with van der Waals surface area (Å²) in [7, 11) is 4.52. The van der Waals surface area contributed by atoms with E-state index >= 15 is 0 Å². The fourth-order valence-corrected chi connectivity index (χ4v) is 5.87. The maximum absolute atomic E-state index is 13.9. The topological polar surface area (TPSA) is 88.4 Å². The lowest BCUT2D eigenvalue weighted by Crippen LogP contribution is -2.39. The van der Waals surface area contributed by atoms with Crippen molar-refractivity contribution >= 4 is 23.4 Å². The van der Waals surface area contributed by atoms with Crippen molar-refractivity contribution in [3.05, 3.63) is 120 Å². The summed E-state index contributed by atoms with van der Waals surface area (Å²) in [5.41, 5.74) is 4.01. The molecule has 1 aliphatic heterocycles. The van der Waals surface area contributed by atoms with Crippen LogP contribution in [-0.4, -0.2) is 31.9 Å². The molecular formula is C32H30N2O6S. The lowest BCUT2D eigenvalue weighted by molar-refractivity contribution is -0.136. The molecule has 0 aliphatic carbocycles. The number of benzene rings is 3. The molecule has 0 N–H and O–H groups in total. The van der Waals surface area contributed by atoms with E-state index in [-0.39, 0.29) is 5.56 Å². The van der Waals surface area contributed by atoms with Gasteiger partial charge in [0, 0.05) is 5.56 Å². The smallest absolute Gasteiger partial charge is 0.338 e. The van der Waals surface area contributed by atoms with Crippen molar-refractivity contribution in [1.82, 2.24) is 4.57 Å². The third-order valence-electron chi connectivity index (χ3n) is 6.94. The molecule has 5 rings (SSSR count). The number of para-hydroxylation sites is 1. The van der Waals surface area contributed by atoms with E-state index in [1.165, 1.54) is 18.4 Å². The Labute approximate surface area is 241 Å². The summed E-state index contributed by atoms with van der Waals surface area (Å²) in [6.45, 7) is 4.05. The number of aryl methyl sites for hydroxylation is 1. The van der Waals surface area contributed by atoms with Crippen LogP contribution in [0.2, 0.25) is 0 Å². The highest BCUT2D eigenvalue weighted by Crippen LogP contribution is 2.31. The summed E-state index contributed by atoms with van der Waals surface area (Å²) in [5, 5.41) is 0. The number of rotatable bonds is 8. The molecule has 0 saturated carbocycles. The Morgan fingerprint density at radius 3 is 2.41 bits per heavy atom. The van der Waals surface area contributed by atoms with Crippen molar-refractivity contribution < 1.29 is 23.7 Å². The molecule has 1 aromatic heterocycles. The molecule has 8 nitrogen and oxygen atoms in total. The number of carbonyl (C=O) groups excluding carboxylic acids is 1. The van der Waals surface area contributed by atoms with Crippen molar-refractivity contribution in [3.63, 3.8) is 0 Å². The summed E-state index contributed by atoms with van der Waals surface area (Å²) in [6, 6.07) is 20.1. The minimum absolute atomic E-state index is 0.253.